The third-order valence-corrected chi connectivity index (χ3v) is 26.1. The molecule has 1 aromatic heterocycles. The third-order valence-electron chi connectivity index (χ3n) is 26.1. The maximum atomic E-state index is 15.7. The fraction of sp³-hybridized carbons (Fsp3) is 0.568. The molecule has 1 amide bonds. The molecule has 15 heteroatoms. The molecule has 8 aliphatic carbocycles. The molecule has 4 aromatic carbocycles. The van der Waals surface area contributed by atoms with Crippen molar-refractivity contribution in [3.8, 4) is 29.3 Å². The molecule has 7 fully saturated rings. The number of nitrogens with zero attached hydrogens (tertiary/aromatic N) is 1. The van der Waals surface area contributed by atoms with Crippen molar-refractivity contribution in [3.05, 3.63) is 110 Å². The largest absolute Gasteiger partial charge is 0.506 e. The highest BCUT2D eigenvalue weighted by Crippen LogP contribution is 2.75. The number of benzene rings is 4. The number of carbonyl (C=O) groups excluding carboxylic acids is 2. The van der Waals surface area contributed by atoms with E-state index in [1.807, 2.05) is 24.4 Å². The number of hydrogen-bond acceptors (Lipinski definition) is 13. The summed E-state index contributed by atoms with van der Waals surface area (Å²) < 4.78 is 33.9. The summed E-state index contributed by atoms with van der Waals surface area (Å²) in [5.74, 6) is 2.97. The quantitative estimate of drug-likeness (QED) is 0.0840. The number of allylic oxidation sites excluding steroid dienone is 2. The van der Waals surface area contributed by atoms with Gasteiger partial charge in [-0.05, 0) is 226 Å². The molecule has 13 aliphatic rings. The number of aryl methyl sites for hydroxylation is 2. The number of nitrogens with one attached hydrogen (secondary N) is 2. The standard InChI is InChI=1S/C74H81N3O12/c1-85-64-47-13-12-43-28-41-7-3-10-45(41)58-57(43)59(47)61-63(81)60(58)54(79)34-77-33-51-40(6-2-11-46(51)67(77)82)8-5-27-86-66-62(80)56-35-87-55(15-14-48(64)65(61)89-68(88-56)74(66,84)39-78)50-32-76-53-29-42-16-18-72(52(42)30-49(50)53)38-73(83)17-4-9-44(73)31-71(72)22-21-70(37-71)20-19-69(36-70)23-25-75-26-24-69/h2,6,11,14-15,28-30,32,41,44-45,55-56,62,66,68,75-76,78,80-81,83-84H,3-4,7-10,12-13,16-26,31,33-39H2,1H3. The number of rotatable bonds is 3. The molecule has 0 radical (unpaired) electrons. The van der Waals surface area contributed by atoms with Crippen LogP contribution in [0.5, 0.6) is 17.2 Å². The lowest BCUT2D eigenvalue weighted by molar-refractivity contribution is -0.328. The van der Waals surface area contributed by atoms with E-state index in [9.17, 15) is 30.3 Å². The fourth-order valence-electron chi connectivity index (χ4n) is 22.0. The number of amides is 1. The Hall–Kier alpha value is -6.22. The molecule has 5 aliphatic heterocycles. The number of aromatic hydroxyl groups is 1. The number of aromatic amines is 1. The minimum absolute atomic E-state index is 0.0287. The maximum Gasteiger partial charge on any atom is 0.254 e. The van der Waals surface area contributed by atoms with E-state index < -0.39 is 54.3 Å². The van der Waals surface area contributed by atoms with Gasteiger partial charge in [0.15, 0.2) is 17.5 Å². The van der Waals surface area contributed by atoms with Gasteiger partial charge in [0.25, 0.3) is 5.91 Å². The normalized spacial score (nSPS) is 36.8. The number of H-pyrrole nitrogens is 1. The number of fused-ring (bicyclic) bond motifs is 12. The number of hydrogen-bond donors (Lipinski definition) is 7. The zero-order chi connectivity index (χ0) is 60.1. The fourth-order valence-corrected chi connectivity index (χ4v) is 22.0. The number of aromatic nitrogens is 1. The Morgan fingerprint density at radius 1 is 0.876 bits per heavy atom. The predicted molar refractivity (Wildman–Crippen MR) is 332 cm³/mol. The van der Waals surface area contributed by atoms with Gasteiger partial charge in [0, 0.05) is 57.6 Å². The first-order valence-electron chi connectivity index (χ1n) is 33.6. The molecule has 464 valence electrons. The van der Waals surface area contributed by atoms with Gasteiger partial charge >= 0.3 is 0 Å². The Bertz CT molecular complexity index is 4030. The van der Waals surface area contributed by atoms with E-state index in [-0.39, 0.29) is 77.1 Å². The number of ketones is 1. The van der Waals surface area contributed by atoms with E-state index in [0.29, 0.717) is 51.9 Å². The molecule has 7 N–H and O–H groups in total. The van der Waals surface area contributed by atoms with Crippen LogP contribution in [0.25, 0.3) is 33.3 Å². The lowest BCUT2D eigenvalue weighted by atomic mass is 9.47. The first-order chi connectivity index (χ1) is 43.2. The summed E-state index contributed by atoms with van der Waals surface area (Å²) in [5.41, 5.74) is 8.06. The Balaban J connectivity index is 0.825. The highest BCUT2D eigenvalue weighted by atomic mass is 16.7. The first kappa shape index (κ1) is 55.6. The molecule has 18 rings (SSSR count). The molecule has 4 spiro atoms. The van der Waals surface area contributed by atoms with Crippen molar-refractivity contribution >= 4 is 45.0 Å². The van der Waals surface area contributed by atoms with Crippen LogP contribution in [-0.4, -0.2) is 123 Å². The maximum absolute atomic E-state index is 15.7. The van der Waals surface area contributed by atoms with E-state index in [4.69, 9.17) is 23.7 Å². The zero-order valence-electron chi connectivity index (χ0n) is 50.9. The van der Waals surface area contributed by atoms with Crippen LogP contribution in [0.3, 0.4) is 0 Å². The number of Topliss-reactive ketones (excluding diaryl/α,β-unsaturated/α-hetero) is 1. The van der Waals surface area contributed by atoms with Crippen LogP contribution in [0.1, 0.15) is 198 Å². The number of phenols is 1. The van der Waals surface area contributed by atoms with E-state index in [2.05, 4.69) is 40.5 Å². The van der Waals surface area contributed by atoms with E-state index in [1.54, 1.807) is 24.1 Å². The third kappa shape index (κ3) is 7.77. The zero-order valence-corrected chi connectivity index (χ0v) is 50.9. The van der Waals surface area contributed by atoms with Gasteiger partial charge < -0.3 is 64.4 Å². The van der Waals surface area contributed by atoms with Gasteiger partial charge in [0.05, 0.1) is 49.0 Å². The van der Waals surface area contributed by atoms with E-state index in [1.165, 1.54) is 62.5 Å². The van der Waals surface area contributed by atoms with Gasteiger partial charge in [-0.15, -0.1) is 0 Å². The predicted octanol–water partition coefficient (Wildman–Crippen LogP) is 10.2. The number of phenolic OH excluding ortho intramolecular Hbond substituents is 1. The molecule has 6 heterocycles. The minimum Gasteiger partial charge on any atom is -0.506 e. The first-order valence-corrected chi connectivity index (χ1v) is 33.6. The van der Waals surface area contributed by atoms with Crippen molar-refractivity contribution in [2.24, 2.45) is 28.1 Å². The summed E-state index contributed by atoms with van der Waals surface area (Å²) in [4.78, 5) is 35.3. The van der Waals surface area contributed by atoms with Gasteiger partial charge in [0.2, 0.25) is 6.29 Å². The van der Waals surface area contributed by atoms with Crippen LogP contribution >= 0.6 is 0 Å². The summed E-state index contributed by atoms with van der Waals surface area (Å²) in [6.45, 7) is 0.887. The minimum atomic E-state index is -2.48. The Morgan fingerprint density at radius 3 is 2.61 bits per heavy atom. The van der Waals surface area contributed by atoms with E-state index >= 15 is 4.79 Å². The average molecular weight is 1200 g/mol. The Labute approximate surface area is 518 Å². The van der Waals surface area contributed by atoms with Crippen LogP contribution in [0, 0.1) is 40.1 Å². The number of piperidine rings is 1. The lowest BCUT2D eigenvalue weighted by Gasteiger charge is -2.58. The van der Waals surface area contributed by atoms with Crippen molar-refractivity contribution in [2.75, 3.05) is 40.0 Å². The highest BCUT2D eigenvalue weighted by molar-refractivity contribution is 6.17. The summed E-state index contributed by atoms with van der Waals surface area (Å²) in [6.07, 6.45) is 25.0. The number of carbonyl (C=O) groups is 2. The monoisotopic (exact) mass is 1200 g/mol. The number of methoxy groups -OCH3 is 1. The van der Waals surface area contributed by atoms with Crippen LogP contribution in [0.4, 0.5) is 0 Å². The van der Waals surface area contributed by atoms with Crippen molar-refractivity contribution < 1.29 is 58.8 Å². The van der Waals surface area contributed by atoms with Crippen LogP contribution in [0.15, 0.2) is 48.7 Å². The molecule has 89 heavy (non-hydrogen) atoms. The Kier molecular flexibility index (Phi) is 12.3. The molecular formula is C74H81N3O12. The second kappa shape index (κ2) is 19.7. The van der Waals surface area contributed by atoms with Crippen LogP contribution in [-0.2, 0) is 45.4 Å². The molecule has 8 bridgehead atoms. The summed E-state index contributed by atoms with van der Waals surface area (Å²) in [6, 6.07) is 10.2. The van der Waals surface area contributed by atoms with Crippen LogP contribution in [0.2, 0.25) is 0 Å². The number of aliphatic hydroxyl groups excluding tert-OH is 2. The topological polar surface area (TPSA) is 212 Å². The molecule has 2 saturated heterocycles. The highest BCUT2D eigenvalue weighted by Gasteiger charge is 2.69. The van der Waals surface area contributed by atoms with Crippen molar-refractivity contribution in [1.82, 2.24) is 15.2 Å². The molecule has 15 nitrogen and oxygen atoms in total. The van der Waals surface area contributed by atoms with Crippen LogP contribution < -0.4 is 14.8 Å². The molecule has 5 aromatic rings. The second-order valence-corrected chi connectivity index (χ2v) is 30.1. The van der Waals surface area contributed by atoms with Gasteiger partial charge in [0.1, 0.15) is 41.7 Å². The van der Waals surface area contributed by atoms with Gasteiger partial charge in [-0.1, -0.05) is 43.0 Å². The molecule has 13 unspecified atom stereocenters. The van der Waals surface area contributed by atoms with Gasteiger partial charge in [-0.2, -0.15) is 0 Å². The van der Waals surface area contributed by atoms with E-state index in [0.717, 1.165) is 127 Å². The van der Waals surface area contributed by atoms with Gasteiger partial charge in [-0.25, -0.2) is 0 Å². The number of ether oxygens (including phenoxy) is 5. The smallest absolute Gasteiger partial charge is 0.254 e. The number of aliphatic hydroxyl groups is 4. The lowest BCUT2D eigenvalue weighted by Crippen LogP contribution is -2.70. The molecule has 13 atom stereocenters. The van der Waals surface area contributed by atoms with Crippen molar-refractivity contribution in [1.29, 1.82) is 0 Å². The Morgan fingerprint density at radius 2 is 1.74 bits per heavy atom. The van der Waals surface area contributed by atoms with Crippen molar-refractivity contribution in [2.45, 2.75) is 195 Å². The SMILES string of the molecule is COc1c2c3c4c(O)c(c5c6c4c1CCC6=CC1CCCC51)C(=O)CN1Cc4c(cccc4C1=O)CC#COC1C(O)C(COC(c4c[nH]c5cc6c(cc45)C4(CC6)CC5(O)CCCC5CC45CCC4(CCC6(CCNCC6)C4)C5)C=C2)OC(O3)C1(O)CO. The molecule has 5 saturated carbocycles. The van der Waals surface area contributed by atoms with Crippen molar-refractivity contribution in [3.63, 3.8) is 0 Å². The summed E-state index contributed by atoms with van der Waals surface area (Å²) >= 11 is 0. The summed E-state index contributed by atoms with van der Waals surface area (Å²) in [5, 5.41) is 69.1. The summed E-state index contributed by atoms with van der Waals surface area (Å²) in [7, 11) is 1.62. The average Bonchev–Trinajstić information content (AvgIpc) is 1.87. The second-order valence-electron chi connectivity index (χ2n) is 30.1. The molecular weight excluding hydrogens is 1120 g/mol. The van der Waals surface area contributed by atoms with Gasteiger partial charge in [-0.3, -0.25) is 9.59 Å².